The summed E-state index contributed by atoms with van der Waals surface area (Å²) in [5.41, 5.74) is -4.95. The van der Waals surface area contributed by atoms with E-state index in [1.54, 1.807) is 0 Å². The Morgan fingerprint density at radius 2 is 0.572 bits per heavy atom. The topological polar surface area (TPSA) is 771 Å². The van der Waals surface area contributed by atoms with Gasteiger partial charge in [-0.1, -0.05) is 80.0 Å². The molecule has 48 nitrogen and oxygen atoms in total. The van der Waals surface area contributed by atoms with Gasteiger partial charge in [-0.3, -0.25) is 19.2 Å². The van der Waals surface area contributed by atoms with Gasteiger partial charge in [-0.05, 0) is 195 Å². The zero-order valence-electron chi connectivity index (χ0n) is 72.3. The molecule has 0 aliphatic rings. The van der Waals surface area contributed by atoms with Crippen molar-refractivity contribution < 1.29 is 386 Å². The van der Waals surface area contributed by atoms with Gasteiger partial charge in [-0.2, -0.15) is 20.5 Å². The molecular formula is C66H44Cl2Cr2N18Na8O30S12. The Hall–Kier alpha value is -2.28. The van der Waals surface area contributed by atoms with Crippen LogP contribution in [0, 0.1) is 27.7 Å². The summed E-state index contributed by atoms with van der Waals surface area (Å²) in [6, 6.07) is 30.4. The third-order valence-corrected chi connectivity index (χ3v) is 28.3. The van der Waals surface area contributed by atoms with Gasteiger partial charge in [-0.25, -0.2) is 76.8 Å². The van der Waals surface area contributed by atoms with Crippen molar-refractivity contribution in [2.75, 3.05) is 13.1 Å². The molecule has 0 bridgehead atoms. The van der Waals surface area contributed by atoms with Gasteiger partial charge in [0.2, 0.25) is 20.0 Å². The van der Waals surface area contributed by atoms with Crippen molar-refractivity contribution in [3.05, 3.63) is 232 Å². The monoisotopic (exact) mass is 2310 g/mol. The predicted molar refractivity (Wildman–Crippen MR) is 439 cm³/mol. The first-order valence-corrected chi connectivity index (χ1v) is 51.2. The van der Waals surface area contributed by atoms with Crippen molar-refractivity contribution in [3.63, 3.8) is 0 Å². The van der Waals surface area contributed by atoms with Crippen LogP contribution in [0.2, 0.25) is 10.0 Å². The zero-order chi connectivity index (χ0) is 94.5. The van der Waals surface area contributed by atoms with E-state index in [1.807, 2.05) is 0 Å². The van der Waals surface area contributed by atoms with Gasteiger partial charge in [0.05, 0.1) is 42.3 Å². The van der Waals surface area contributed by atoms with Crippen molar-refractivity contribution >= 4 is 189 Å². The molecule has 0 amide bonds. The number of nitrogens with one attached hydrogen (secondary N) is 2. The molecule has 72 heteroatoms. The zero-order valence-corrected chi connectivity index (χ0v) is 102. The average molecular weight is 2310 g/mol. The minimum absolute atomic E-state index is 0. The Kier molecular flexibility index (Phi) is 56.0. The second-order valence-electron chi connectivity index (χ2n) is 24.8. The minimum Gasteiger partial charge on any atom is -0.871 e. The number of azo groups is 4. The fourth-order valence-corrected chi connectivity index (χ4v) is 20.3. The summed E-state index contributed by atoms with van der Waals surface area (Å²) in [4.78, 5) is 48.3. The number of para-hydroxylation sites is 1. The van der Waals surface area contributed by atoms with Crippen molar-refractivity contribution in [3.8, 4) is 45.7 Å². The molecule has 4 heterocycles. The molecule has 4 aromatic heterocycles. The number of sulfonamides is 2. The minimum atomic E-state index is -5.11. The summed E-state index contributed by atoms with van der Waals surface area (Å²) < 4.78 is 258. The molecule has 0 saturated carbocycles. The van der Waals surface area contributed by atoms with E-state index in [-0.39, 0.29) is 418 Å². The summed E-state index contributed by atoms with van der Waals surface area (Å²) in [6.07, 6.45) is 0. The van der Waals surface area contributed by atoms with Crippen LogP contribution < -0.4 is 309 Å². The van der Waals surface area contributed by atoms with E-state index >= 15 is 0 Å². The number of rotatable bonds is 29. The van der Waals surface area contributed by atoms with E-state index < -0.39 is 172 Å². The Balaban J connectivity index is 0.00000216. The van der Waals surface area contributed by atoms with Crippen molar-refractivity contribution in [2.24, 2.45) is 40.9 Å². The Morgan fingerprint density at radius 1 is 0.319 bits per heavy atom. The summed E-state index contributed by atoms with van der Waals surface area (Å²) in [7, 11) is -37.2. The van der Waals surface area contributed by atoms with Crippen LogP contribution in [0.25, 0.3) is 22.7 Å². The van der Waals surface area contributed by atoms with E-state index in [2.05, 4.69) is 70.8 Å². The van der Waals surface area contributed by atoms with E-state index in [1.165, 1.54) is 131 Å². The number of benzene rings is 8. The van der Waals surface area contributed by atoms with E-state index in [9.17, 15) is 134 Å². The van der Waals surface area contributed by atoms with E-state index in [0.29, 0.717) is 18.2 Å². The second kappa shape index (κ2) is 56.9. The van der Waals surface area contributed by atoms with Crippen LogP contribution in [0.3, 0.4) is 0 Å². The van der Waals surface area contributed by atoms with Gasteiger partial charge in [0, 0.05) is 65.5 Å². The Morgan fingerprint density at radius 3 is 0.833 bits per heavy atom. The second-order valence-corrected chi connectivity index (χ2v) is 44.6. The fraction of sp³-hybridized carbons (Fsp3) is 0.0909. The smallest absolute Gasteiger partial charge is 0.871 e. The number of hydrogen-bond donors (Lipinski definition) is 2. The largest absolute Gasteiger partial charge is 3.00 e. The molecule has 0 spiro atoms. The summed E-state index contributed by atoms with van der Waals surface area (Å²) in [5.74, 6) is -4.49. The maximum atomic E-state index is 13.1. The molecule has 12 rings (SSSR count). The predicted octanol–water partition coefficient (Wildman–Crippen LogP) is -18.7. The van der Waals surface area contributed by atoms with Crippen LogP contribution in [-0.4, -0.2) is 126 Å². The third kappa shape index (κ3) is 37.8. The molecule has 684 valence electrons. The molecule has 0 fully saturated rings. The van der Waals surface area contributed by atoms with Gasteiger partial charge in [0.25, 0.3) is 22.2 Å². The molecule has 8 aromatic carbocycles. The average Bonchev–Trinajstić information content (AvgIpc) is 1.81. The van der Waals surface area contributed by atoms with Crippen LogP contribution in [0.5, 0.6) is 23.0 Å². The van der Waals surface area contributed by atoms with Crippen molar-refractivity contribution in [1.29, 1.82) is 0 Å². The molecule has 2 radical (unpaired) electrons. The Bertz CT molecular complexity index is 7590. The summed E-state index contributed by atoms with van der Waals surface area (Å²) in [6.45, 7) is 4.57. The SMILES string of the molecule is Cc1[n-]n(-c2ccc(SS(=O)(=O)[O-])cc2)c(=O)c1N=Nc1cc(Cl)cc(S(=O)(=O)[O-])c1[O-].Cc1[n-]n(-c2ccc(SS(=O)(=O)[O-])cc2)c(=O)c1N=Nc1cc(Cl)cc(S(=O)(=O)[O-])c1[O-].Cc1[n-]n(-c2ccc(SS(=O)(=O)[O-])cc2)c(=O)c1N=Nc1ccc(S(=O)(=O)NCCNS(=O)(=O)c2cccc(N=Nc3c(C)[n-]n(-c4ccc(SS(=O)(=O)[O-])cc4)c3=O)c2[O-])cc1[O-].[Cr+3].[Cr+3].[Na+].[Na+].[Na+].[Na+].[Na+].[Na+].[Na+].[Na+]. The molecule has 12 aromatic rings. The quantitative estimate of drug-likeness (QED) is 0.0144. The van der Waals surface area contributed by atoms with E-state index in [4.69, 9.17) is 23.2 Å². The molecular weight excluding hydrogens is 2270 g/mol. The van der Waals surface area contributed by atoms with Crippen molar-refractivity contribution in [1.82, 2.24) is 48.6 Å². The number of hydrogen-bond acceptors (Lipinski definition) is 42. The van der Waals surface area contributed by atoms with Crippen LogP contribution >= 0.6 is 66.4 Å². The normalized spacial score (nSPS) is 11.7. The number of aryl methyl sites for hydroxylation is 4. The number of halogens is 2. The first-order chi connectivity index (χ1) is 59.4. The molecule has 0 atom stereocenters. The first-order valence-electron chi connectivity index (χ1n) is 33.7. The first kappa shape index (κ1) is 136. The van der Waals surface area contributed by atoms with Crippen LogP contribution in [0.15, 0.2) is 257 Å². The number of aromatic nitrogens is 8. The van der Waals surface area contributed by atoms with Crippen LogP contribution in [0.1, 0.15) is 22.8 Å². The van der Waals surface area contributed by atoms with Gasteiger partial charge in [0.1, 0.15) is 43.0 Å². The fourth-order valence-electron chi connectivity index (χ4n) is 10.3. The molecule has 0 aliphatic carbocycles. The summed E-state index contributed by atoms with van der Waals surface area (Å²) >= 11 is 11.5. The summed E-state index contributed by atoms with van der Waals surface area (Å²) in [5, 5.41) is 95.5. The third-order valence-electron chi connectivity index (χ3n) is 15.8. The Labute approximate surface area is 1010 Å². The molecule has 2 N–H and O–H groups in total. The maximum Gasteiger partial charge on any atom is 3.00 e. The van der Waals surface area contributed by atoms with Crippen molar-refractivity contribution in [2.45, 2.75) is 66.9 Å². The number of nitrogens with zero attached hydrogens (tertiary/aromatic N) is 16. The van der Waals surface area contributed by atoms with Crippen LogP contribution in [-0.2, 0) is 112 Å². The van der Waals surface area contributed by atoms with Gasteiger partial charge in [0.15, 0.2) is 36.6 Å². The van der Waals surface area contributed by atoms with Gasteiger partial charge >= 0.3 is 271 Å². The standard InChI is InChI=1S/C34H32N10O14S6.2C16H13ClN4O8S3.2Cr.8Na/c1-19-30(33(47)43(41-19)21-6-10-23(11-7-21)59-63(53,54)55)39-37-26-15-14-25(18-28(26)45)61(49,50)35-16-17-36-62(51,52)29-5-3-4-27(32(29)46)38-40-31-20(2)42-44(34(31)48)22-8-12-24(13-9-22)60-64(56,57)58;2*1-8-14(19-18-12-6-9(17)7-13(15(12)22)31(24,25)26)16(23)21(20-8)10-2-4-11(5-3-10)30-32(27,28)29;;;;;;;;;;/h3-15,18,35-36H,16-17H2,1-2H3,(H6,37,38,39,40,41,42,45,46,47,48,53,54,55,56,57,58);2*2-7H,1H3,(H4,18,19,20,22,23,24,25,26,27,28,29);;;;;;;;;;/q;;;2*+3;8*+1/p-14. The van der Waals surface area contributed by atoms with Crippen LogP contribution in [0.4, 0.5) is 45.5 Å². The maximum absolute atomic E-state index is 13.1. The molecule has 0 saturated heterocycles. The van der Waals surface area contributed by atoms with Gasteiger partial charge < -0.3 is 86.9 Å². The molecule has 0 aliphatic heterocycles. The molecule has 0 unspecified atom stereocenters. The van der Waals surface area contributed by atoms with Gasteiger partial charge in [-0.15, -0.1) is 43.2 Å². The van der Waals surface area contributed by atoms with E-state index in [0.717, 1.165) is 55.1 Å². The molecule has 138 heavy (non-hydrogen) atoms.